The number of aromatic nitrogens is 2. The van der Waals surface area contributed by atoms with E-state index in [2.05, 4.69) is 22.3 Å². The Bertz CT molecular complexity index is 952. The molecule has 25 heavy (non-hydrogen) atoms. The lowest BCUT2D eigenvalue weighted by molar-refractivity contribution is 0.0958. The summed E-state index contributed by atoms with van der Waals surface area (Å²) >= 11 is 6.04. The number of benzene rings is 2. The van der Waals surface area contributed by atoms with Crippen LogP contribution in [0.1, 0.15) is 21.6 Å². The number of carbonyl (C=O) groups is 1. The lowest BCUT2D eigenvalue weighted by atomic mass is 10.2. The molecule has 1 heterocycles. The predicted molar refractivity (Wildman–Crippen MR) is 99.0 cm³/mol. The highest BCUT2D eigenvalue weighted by molar-refractivity contribution is 6.31. The maximum absolute atomic E-state index is 12.3. The van der Waals surface area contributed by atoms with Crippen molar-refractivity contribution in [3.8, 4) is 17.5 Å². The first kappa shape index (κ1) is 16.8. The molecule has 1 N–H and O–H groups in total. The van der Waals surface area contributed by atoms with Crippen LogP contribution in [-0.2, 0) is 0 Å². The fourth-order valence-electron chi connectivity index (χ4n) is 2.38. The van der Waals surface area contributed by atoms with E-state index < -0.39 is 0 Å². The Morgan fingerprint density at radius 1 is 1.16 bits per heavy atom. The van der Waals surface area contributed by atoms with Crippen LogP contribution in [0.5, 0.6) is 0 Å². The average Bonchev–Trinajstić information content (AvgIpc) is 3.02. The molecular formula is C20H16ClN3O. The second kappa shape index (κ2) is 7.69. The van der Waals surface area contributed by atoms with Crippen LogP contribution in [0.4, 0.5) is 0 Å². The first-order valence-corrected chi connectivity index (χ1v) is 8.16. The lowest BCUT2D eigenvalue weighted by Crippen LogP contribution is -2.24. The van der Waals surface area contributed by atoms with Crippen molar-refractivity contribution in [2.75, 3.05) is 6.54 Å². The van der Waals surface area contributed by atoms with Gasteiger partial charge in [-0.25, -0.2) is 4.68 Å². The van der Waals surface area contributed by atoms with Crippen LogP contribution in [0.25, 0.3) is 5.69 Å². The van der Waals surface area contributed by atoms with Crippen LogP contribution < -0.4 is 5.32 Å². The quantitative estimate of drug-likeness (QED) is 0.734. The average molecular weight is 350 g/mol. The first-order chi connectivity index (χ1) is 12.2. The van der Waals surface area contributed by atoms with Gasteiger partial charge in [0.15, 0.2) is 0 Å². The summed E-state index contributed by atoms with van der Waals surface area (Å²) < 4.78 is 1.74. The third-order valence-corrected chi connectivity index (χ3v) is 4.02. The monoisotopic (exact) mass is 349 g/mol. The zero-order valence-corrected chi connectivity index (χ0v) is 14.4. The van der Waals surface area contributed by atoms with E-state index in [4.69, 9.17) is 11.6 Å². The molecule has 5 heteroatoms. The number of nitrogens with one attached hydrogen (secondary N) is 1. The van der Waals surface area contributed by atoms with Gasteiger partial charge in [0.25, 0.3) is 5.91 Å². The summed E-state index contributed by atoms with van der Waals surface area (Å²) in [6.45, 7) is 2.10. The second-order valence-corrected chi connectivity index (χ2v) is 5.76. The van der Waals surface area contributed by atoms with E-state index in [1.54, 1.807) is 16.9 Å². The number of halogens is 1. The highest BCUT2D eigenvalue weighted by Gasteiger charge is 2.14. The van der Waals surface area contributed by atoms with Gasteiger partial charge >= 0.3 is 0 Å². The minimum absolute atomic E-state index is 0.201. The summed E-state index contributed by atoms with van der Waals surface area (Å²) in [7, 11) is 0. The zero-order valence-electron chi connectivity index (χ0n) is 13.7. The van der Waals surface area contributed by atoms with Gasteiger partial charge in [-0.05, 0) is 31.2 Å². The number of rotatable bonds is 3. The normalized spacial score (nSPS) is 10.0. The summed E-state index contributed by atoms with van der Waals surface area (Å²) in [4.78, 5) is 12.3. The number of hydrogen-bond acceptors (Lipinski definition) is 2. The molecule has 0 atom stereocenters. The third kappa shape index (κ3) is 3.90. The van der Waals surface area contributed by atoms with E-state index in [1.807, 2.05) is 55.5 Å². The molecule has 124 valence electrons. The van der Waals surface area contributed by atoms with E-state index in [-0.39, 0.29) is 12.5 Å². The molecule has 0 fully saturated rings. The van der Waals surface area contributed by atoms with E-state index in [9.17, 15) is 4.79 Å². The first-order valence-electron chi connectivity index (χ1n) is 7.78. The van der Waals surface area contributed by atoms with Crippen LogP contribution in [0.3, 0.4) is 0 Å². The standard InChI is InChI=1S/C20H16ClN3O/c1-15-18(14-23-24(15)17-10-3-2-4-11-17)20(25)22-13-7-9-16-8-5-6-12-19(16)21/h2-6,8,10-12,14H,13H2,1H3,(H,22,25). The molecular weight excluding hydrogens is 334 g/mol. The molecule has 0 aliphatic carbocycles. The Morgan fingerprint density at radius 3 is 2.64 bits per heavy atom. The third-order valence-electron chi connectivity index (χ3n) is 3.69. The highest BCUT2D eigenvalue weighted by atomic mass is 35.5. The molecule has 3 rings (SSSR count). The van der Waals surface area contributed by atoms with Crippen molar-refractivity contribution in [1.82, 2.24) is 15.1 Å². The number of nitrogens with zero attached hydrogens (tertiary/aromatic N) is 2. The number of hydrogen-bond donors (Lipinski definition) is 1. The topological polar surface area (TPSA) is 46.9 Å². The van der Waals surface area contributed by atoms with Crippen LogP contribution >= 0.6 is 11.6 Å². The van der Waals surface area contributed by atoms with Crippen molar-refractivity contribution in [2.45, 2.75) is 6.92 Å². The molecule has 2 aromatic carbocycles. The Morgan fingerprint density at radius 2 is 1.88 bits per heavy atom. The van der Waals surface area contributed by atoms with Gasteiger partial charge in [-0.3, -0.25) is 4.79 Å². The van der Waals surface area contributed by atoms with Crippen molar-refractivity contribution in [2.24, 2.45) is 0 Å². The summed E-state index contributed by atoms with van der Waals surface area (Å²) in [5, 5.41) is 7.68. The summed E-state index contributed by atoms with van der Waals surface area (Å²) in [6, 6.07) is 17.0. The Hall–Kier alpha value is -3.03. The van der Waals surface area contributed by atoms with Crippen molar-refractivity contribution >= 4 is 17.5 Å². The zero-order chi connectivity index (χ0) is 17.6. The van der Waals surface area contributed by atoms with Gasteiger partial charge < -0.3 is 5.32 Å². The molecule has 3 aromatic rings. The minimum Gasteiger partial charge on any atom is -0.341 e. The van der Waals surface area contributed by atoms with Crippen molar-refractivity contribution in [3.05, 3.63) is 82.6 Å². The van der Waals surface area contributed by atoms with Gasteiger partial charge in [0.2, 0.25) is 0 Å². The Labute approximate surface area is 151 Å². The van der Waals surface area contributed by atoms with Gasteiger partial charge in [0, 0.05) is 5.56 Å². The number of carbonyl (C=O) groups excluding carboxylic acids is 1. The smallest absolute Gasteiger partial charge is 0.255 e. The van der Waals surface area contributed by atoms with Crippen LogP contribution in [0, 0.1) is 18.8 Å². The van der Waals surface area contributed by atoms with Gasteiger partial charge in [-0.15, -0.1) is 0 Å². The van der Waals surface area contributed by atoms with Crippen LogP contribution in [0.15, 0.2) is 60.8 Å². The van der Waals surface area contributed by atoms with Gasteiger partial charge in [0.1, 0.15) is 0 Å². The minimum atomic E-state index is -0.201. The van der Waals surface area contributed by atoms with Crippen molar-refractivity contribution in [1.29, 1.82) is 0 Å². The molecule has 0 unspecified atom stereocenters. The van der Waals surface area contributed by atoms with Gasteiger partial charge in [-0.1, -0.05) is 53.8 Å². The molecule has 0 bridgehead atoms. The fourth-order valence-corrected chi connectivity index (χ4v) is 2.57. The molecule has 1 amide bonds. The van der Waals surface area contributed by atoms with E-state index in [0.29, 0.717) is 10.6 Å². The maximum atomic E-state index is 12.3. The fraction of sp³-hybridized carbons (Fsp3) is 0.100. The summed E-state index contributed by atoms with van der Waals surface area (Å²) in [5.74, 6) is 5.65. The van der Waals surface area contributed by atoms with E-state index in [1.165, 1.54) is 0 Å². The second-order valence-electron chi connectivity index (χ2n) is 5.36. The molecule has 0 radical (unpaired) electrons. The number of para-hydroxylation sites is 1. The van der Waals surface area contributed by atoms with Crippen molar-refractivity contribution < 1.29 is 4.79 Å². The Kier molecular flexibility index (Phi) is 5.17. The molecule has 0 saturated heterocycles. The van der Waals surface area contributed by atoms with E-state index >= 15 is 0 Å². The summed E-state index contributed by atoms with van der Waals surface area (Å²) in [5.41, 5.74) is 2.97. The predicted octanol–water partition coefficient (Wildman–Crippen LogP) is 3.62. The van der Waals surface area contributed by atoms with Crippen LogP contribution in [0.2, 0.25) is 5.02 Å². The maximum Gasteiger partial charge on any atom is 0.255 e. The SMILES string of the molecule is Cc1c(C(=O)NCC#Cc2ccccc2Cl)cnn1-c1ccccc1. The van der Waals surface area contributed by atoms with E-state index in [0.717, 1.165) is 16.9 Å². The lowest BCUT2D eigenvalue weighted by Gasteiger charge is -2.05. The number of amides is 1. The molecule has 1 aromatic heterocycles. The molecule has 0 aliphatic heterocycles. The van der Waals surface area contributed by atoms with Crippen LogP contribution in [-0.4, -0.2) is 22.2 Å². The Balaban J connectivity index is 1.67. The molecule has 0 spiro atoms. The van der Waals surface area contributed by atoms with Crippen molar-refractivity contribution in [3.63, 3.8) is 0 Å². The highest BCUT2D eigenvalue weighted by Crippen LogP contribution is 2.14. The summed E-state index contributed by atoms with van der Waals surface area (Å²) in [6.07, 6.45) is 1.57. The molecule has 0 aliphatic rings. The van der Waals surface area contributed by atoms with Gasteiger partial charge in [-0.2, -0.15) is 5.10 Å². The van der Waals surface area contributed by atoms with Gasteiger partial charge in [0.05, 0.1) is 34.7 Å². The molecule has 0 saturated carbocycles. The molecule has 4 nitrogen and oxygen atoms in total. The largest absolute Gasteiger partial charge is 0.341 e.